The molecular formula is C16H28N2O2. The van der Waals surface area contributed by atoms with Crippen molar-refractivity contribution in [2.24, 2.45) is 0 Å². The average molecular weight is 280 g/mol. The van der Waals surface area contributed by atoms with Gasteiger partial charge in [-0.05, 0) is 54.0 Å². The summed E-state index contributed by atoms with van der Waals surface area (Å²) in [6, 6.07) is 6.09. The van der Waals surface area contributed by atoms with E-state index in [1.807, 2.05) is 25.2 Å². The van der Waals surface area contributed by atoms with E-state index in [1.54, 1.807) is 7.11 Å². The molecule has 0 aliphatic carbocycles. The number of methoxy groups -OCH3 is 1. The van der Waals surface area contributed by atoms with Crippen LogP contribution in [-0.4, -0.2) is 45.3 Å². The fraction of sp³-hybridized carbons (Fsp3) is 0.625. The second-order valence-corrected chi connectivity index (χ2v) is 5.88. The summed E-state index contributed by atoms with van der Waals surface area (Å²) in [5.74, 6) is 1.73. The molecular weight excluding hydrogens is 252 g/mol. The van der Waals surface area contributed by atoms with Crippen LogP contribution in [0.3, 0.4) is 0 Å². The minimum Gasteiger partial charge on any atom is -0.496 e. The van der Waals surface area contributed by atoms with Crippen LogP contribution >= 0.6 is 0 Å². The highest BCUT2D eigenvalue weighted by molar-refractivity contribution is 5.46. The summed E-state index contributed by atoms with van der Waals surface area (Å²) in [6.45, 7) is 7.04. The summed E-state index contributed by atoms with van der Waals surface area (Å²) >= 11 is 0. The van der Waals surface area contributed by atoms with Gasteiger partial charge in [-0.15, -0.1) is 0 Å². The first-order chi connectivity index (χ1) is 9.33. The first-order valence-electron chi connectivity index (χ1n) is 6.98. The number of nitrogens with zero attached hydrogens (tertiary/aromatic N) is 1. The number of ether oxygens (including phenoxy) is 2. The quantitative estimate of drug-likeness (QED) is 0.832. The minimum absolute atomic E-state index is 0.0246. The van der Waals surface area contributed by atoms with Crippen molar-refractivity contribution in [3.05, 3.63) is 23.8 Å². The van der Waals surface area contributed by atoms with Crippen LogP contribution in [0, 0.1) is 0 Å². The highest BCUT2D eigenvalue weighted by Crippen LogP contribution is 2.34. The van der Waals surface area contributed by atoms with Crippen molar-refractivity contribution in [2.75, 3.05) is 34.9 Å². The topological polar surface area (TPSA) is 33.7 Å². The molecule has 1 aromatic carbocycles. The third-order valence-corrected chi connectivity index (χ3v) is 3.90. The summed E-state index contributed by atoms with van der Waals surface area (Å²) in [6.07, 6.45) is 0. The highest BCUT2D eigenvalue weighted by Gasteiger charge is 2.23. The van der Waals surface area contributed by atoms with Gasteiger partial charge in [-0.25, -0.2) is 0 Å². The van der Waals surface area contributed by atoms with Gasteiger partial charge in [0.2, 0.25) is 0 Å². The Kier molecular flexibility index (Phi) is 5.84. The molecule has 0 aliphatic rings. The molecule has 0 saturated carbocycles. The van der Waals surface area contributed by atoms with Gasteiger partial charge in [0.1, 0.15) is 18.1 Å². The number of hydrogen-bond acceptors (Lipinski definition) is 4. The maximum absolute atomic E-state index is 6.07. The Hall–Kier alpha value is -1.26. The first kappa shape index (κ1) is 16.8. The lowest BCUT2D eigenvalue weighted by atomic mass is 10.0. The molecule has 0 aromatic heterocycles. The Morgan fingerprint density at radius 1 is 1.25 bits per heavy atom. The maximum Gasteiger partial charge on any atom is 0.127 e. The molecule has 0 heterocycles. The fourth-order valence-corrected chi connectivity index (χ4v) is 1.78. The number of hydrogen-bond donors (Lipinski definition) is 1. The van der Waals surface area contributed by atoms with Crippen molar-refractivity contribution in [2.45, 2.75) is 32.4 Å². The Morgan fingerprint density at radius 2 is 1.85 bits per heavy atom. The summed E-state index contributed by atoms with van der Waals surface area (Å²) in [5.41, 5.74) is 1.04. The van der Waals surface area contributed by atoms with Crippen molar-refractivity contribution in [3.63, 3.8) is 0 Å². The van der Waals surface area contributed by atoms with Gasteiger partial charge in [0.05, 0.1) is 12.7 Å². The molecule has 0 spiro atoms. The van der Waals surface area contributed by atoms with Crippen LogP contribution in [0.5, 0.6) is 11.5 Å². The maximum atomic E-state index is 6.07. The first-order valence-corrected chi connectivity index (χ1v) is 6.98. The van der Waals surface area contributed by atoms with Gasteiger partial charge in [0.15, 0.2) is 0 Å². The van der Waals surface area contributed by atoms with E-state index in [0.717, 1.165) is 17.1 Å². The van der Waals surface area contributed by atoms with Crippen LogP contribution in [0.15, 0.2) is 18.2 Å². The second kappa shape index (κ2) is 6.95. The van der Waals surface area contributed by atoms with Gasteiger partial charge in [0, 0.05) is 11.6 Å². The van der Waals surface area contributed by atoms with E-state index in [1.165, 1.54) is 0 Å². The Bertz CT molecular complexity index is 430. The van der Waals surface area contributed by atoms with E-state index >= 15 is 0 Å². The molecule has 1 atom stereocenters. The number of nitrogens with one attached hydrogen (secondary N) is 1. The third kappa shape index (κ3) is 3.87. The van der Waals surface area contributed by atoms with Crippen LogP contribution in [0.2, 0.25) is 0 Å². The molecule has 0 fully saturated rings. The molecule has 0 saturated heterocycles. The van der Waals surface area contributed by atoms with E-state index < -0.39 is 0 Å². The van der Waals surface area contributed by atoms with Crippen molar-refractivity contribution >= 4 is 0 Å². The lowest BCUT2D eigenvalue weighted by Gasteiger charge is -2.32. The number of rotatable bonds is 7. The summed E-state index contributed by atoms with van der Waals surface area (Å²) in [4.78, 5) is 2.16. The predicted octanol–water partition coefficient (Wildman–Crippen LogP) is 2.69. The van der Waals surface area contributed by atoms with E-state index in [-0.39, 0.29) is 11.6 Å². The number of likely N-dealkylation sites (N-methyl/N-ethyl adjacent to an activating group) is 1. The van der Waals surface area contributed by atoms with Gasteiger partial charge in [-0.2, -0.15) is 0 Å². The molecule has 1 rings (SSSR count). The Labute approximate surface area is 123 Å². The zero-order valence-electron chi connectivity index (χ0n) is 13.8. The molecule has 0 bridgehead atoms. The van der Waals surface area contributed by atoms with E-state index in [4.69, 9.17) is 9.47 Å². The van der Waals surface area contributed by atoms with Crippen molar-refractivity contribution in [3.8, 4) is 11.5 Å². The SMILES string of the molecule is CNC(C)c1c(OC)cccc1OCC(C)(C)N(C)C. The van der Waals surface area contributed by atoms with Crippen LogP contribution < -0.4 is 14.8 Å². The van der Waals surface area contributed by atoms with Crippen molar-refractivity contribution in [1.82, 2.24) is 10.2 Å². The summed E-state index contributed by atoms with van der Waals surface area (Å²) < 4.78 is 11.5. The lowest BCUT2D eigenvalue weighted by Crippen LogP contribution is -2.43. The average Bonchev–Trinajstić information content (AvgIpc) is 2.43. The van der Waals surface area contributed by atoms with E-state index in [0.29, 0.717) is 6.61 Å². The highest BCUT2D eigenvalue weighted by atomic mass is 16.5. The van der Waals surface area contributed by atoms with Gasteiger partial charge in [-0.1, -0.05) is 6.07 Å². The molecule has 1 unspecified atom stereocenters. The smallest absolute Gasteiger partial charge is 0.127 e. The van der Waals surface area contributed by atoms with Crippen molar-refractivity contribution < 1.29 is 9.47 Å². The van der Waals surface area contributed by atoms with Gasteiger partial charge >= 0.3 is 0 Å². The standard InChI is InChI=1S/C16H28N2O2/c1-12(17-4)15-13(19-7)9-8-10-14(15)20-11-16(2,3)18(5)6/h8-10,12,17H,11H2,1-7H3. The van der Waals surface area contributed by atoms with Crippen LogP contribution in [0.25, 0.3) is 0 Å². The number of benzene rings is 1. The second-order valence-electron chi connectivity index (χ2n) is 5.88. The third-order valence-electron chi connectivity index (χ3n) is 3.90. The normalized spacial score (nSPS) is 13.4. The van der Waals surface area contributed by atoms with Gasteiger partial charge < -0.3 is 19.7 Å². The fourth-order valence-electron chi connectivity index (χ4n) is 1.78. The van der Waals surface area contributed by atoms with Gasteiger partial charge in [-0.3, -0.25) is 0 Å². The van der Waals surface area contributed by atoms with Gasteiger partial charge in [0.25, 0.3) is 0 Å². The molecule has 0 radical (unpaired) electrons. The molecule has 1 N–H and O–H groups in total. The Balaban J connectivity index is 3.00. The summed E-state index contributed by atoms with van der Waals surface area (Å²) in [7, 11) is 7.75. The molecule has 20 heavy (non-hydrogen) atoms. The molecule has 4 heteroatoms. The molecule has 0 aliphatic heterocycles. The molecule has 4 nitrogen and oxygen atoms in total. The lowest BCUT2D eigenvalue weighted by molar-refractivity contribution is 0.113. The monoisotopic (exact) mass is 280 g/mol. The predicted molar refractivity (Wildman–Crippen MR) is 83.7 cm³/mol. The van der Waals surface area contributed by atoms with E-state index in [2.05, 4.69) is 45.1 Å². The zero-order chi connectivity index (χ0) is 15.3. The molecule has 0 amide bonds. The minimum atomic E-state index is -0.0246. The Morgan fingerprint density at radius 3 is 2.35 bits per heavy atom. The van der Waals surface area contributed by atoms with E-state index in [9.17, 15) is 0 Å². The van der Waals surface area contributed by atoms with Crippen LogP contribution in [0.1, 0.15) is 32.4 Å². The summed E-state index contributed by atoms with van der Waals surface area (Å²) in [5, 5.41) is 3.25. The van der Waals surface area contributed by atoms with Crippen LogP contribution in [0.4, 0.5) is 0 Å². The molecule has 114 valence electrons. The molecule has 1 aromatic rings. The zero-order valence-corrected chi connectivity index (χ0v) is 13.8. The largest absolute Gasteiger partial charge is 0.496 e. The van der Waals surface area contributed by atoms with Crippen LogP contribution in [-0.2, 0) is 0 Å². The van der Waals surface area contributed by atoms with Crippen molar-refractivity contribution in [1.29, 1.82) is 0 Å².